The van der Waals surface area contributed by atoms with Gasteiger partial charge >= 0.3 is 5.69 Å². The minimum absolute atomic E-state index is 0.0916. The molecule has 19 heavy (non-hydrogen) atoms. The predicted octanol–water partition coefficient (Wildman–Crippen LogP) is 3.99. The van der Waals surface area contributed by atoms with Crippen molar-refractivity contribution < 1.29 is 14.1 Å². The van der Waals surface area contributed by atoms with Crippen molar-refractivity contribution >= 4 is 21.6 Å². The minimum atomic E-state index is -0.809. The standard InChI is InChI=1S/C12H8BrFN2O3/c1-7-5-11(15-6-8(7)13)19-12-9(14)3-2-4-10(12)16(17)18/h2-6H,1H3. The van der Waals surface area contributed by atoms with E-state index in [1.54, 1.807) is 13.0 Å². The number of aryl methyl sites for hydroxylation is 1. The maximum Gasteiger partial charge on any atom is 0.314 e. The number of nitrogens with zero attached hydrogens (tertiary/aromatic N) is 2. The average Bonchev–Trinajstić information content (AvgIpc) is 2.36. The lowest BCUT2D eigenvalue weighted by molar-refractivity contribution is -0.385. The van der Waals surface area contributed by atoms with Gasteiger partial charge in [0, 0.05) is 22.8 Å². The van der Waals surface area contributed by atoms with Crippen LogP contribution in [0.15, 0.2) is 34.9 Å². The monoisotopic (exact) mass is 326 g/mol. The van der Waals surface area contributed by atoms with Crippen molar-refractivity contribution in [2.45, 2.75) is 6.92 Å². The summed E-state index contributed by atoms with van der Waals surface area (Å²) < 4.78 is 19.6. The van der Waals surface area contributed by atoms with Gasteiger partial charge in [0.2, 0.25) is 11.6 Å². The largest absolute Gasteiger partial charge is 0.429 e. The van der Waals surface area contributed by atoms with E-state index >= 15 is 0 Å². The third-order valence-corrected chi connectivity index (χ3v) is 3.20. The maximum atomic E-state index is 13.6. The van der Waals surface area contributed by atoms with Gasteiger partial charge in [-0.3, -0.25) is 10.1 Å². The SMILES string of the molecule is Cc1cc(Oc2c(F)cccc2[N+](=O)[O-])ncc1Br. The van der Waals surface area contributed by atoms with Crippen molar-refractivity contribution in [1.29, 1.82) is 0 Å². The molecule has 0 bridgehead atoms. The lowest BCUT2D eigenvalue weighted by atomic mass is 10.3. The second-order valence-corrected chi connectivity index (χ2v) is 4.57. The van der Waals surface area contributed by atoms with E-state index in [1.165, 1.54) is 18.3 Å². The number of nitro groups is 1. The highest BCUT2D eigenvalue weighted by molar-refractivity contribution is 9.10. The van der Waals surface area contributed by atoms with Crippen molar-refractivity contribution in [3.63, 3.8) is 0 Å². The van der Waals surface area contributed by atoms with E-state index in [0.29, 0.717) is 0 Å². The fourth-order valence-electron chi connectivity index (χ4n) is 1.42. The Kier molecular flexibility index (Phi) is 3.75. The zero-order valence-electron chi connectivity index (χ0n) is 9.76. The number of benzene rings is 1. The van der Waals surface area contributed by atoms with Crippen LogP contribution in [0.5, 0.6) is 11.6 Å². The molecule has 2 aromatic rings. The Bertz CT molecular complexity index is 649. The number of ether oxygens (including phenoxy) is 1. The number of halogens is 2. The number of aromatic nitrogens is 1. The molecule has 7 heteroatoms. The molecule has 0 aliphatic carbocycles. The number of pyridine rings is 1. The van der Waals surface area contributed by atoms with Gasteiger partial charge in [-0.1, -0.05) is 6.07 Å². The summed E-state index contributed by atoms with van der Waals surface area (Å²) in [4.78, 5) is 14.0. The number of hydrogen-bond donors (Lipinski definition) is 0. The molecule has 0 N–H and O–H groups in total. The van der Waals surface area contributed by atoms with Crippen LogP contribution in [0.3, 0.4) is 0 Å². The number of hydrogen-bond acceptors (Lipinski definition) is 4. The van der Waals surface area contributed by atoms with Gasteiger partial charge in [0.05, 0.1) is 4.92 Å². The molecule has 0 aliphatic heterocycles. The quantitative estimate of drug-likeness (QED) is 0.631. The Morgan fingerprint density at radius 1 is 1.47 bits per heavy atom. The molecule has 1 aromatic carbocycles. The highest BCUT2D eigenvalue weighted by atomic mass is 79.9. The summed E-state index contributed by atoms with van der Waals surface area (Å²) in [5.41, 5.74) is 0.381. The number of nitro benzene ring substituents is 1. The predicted molar refractivity (Wildman–Crippen MR) is 69.8 cm³/mol. The molecule has 0 atom stereocenters. The summed E-state index contributed by atoms with van der Waals surface area (Å²) >= 11 is 3.27. The summed E-state index contributed by atoms with van der Waals surface area (Å²) in [5.74, 6) is -1.16. The zero-order chi connectivity index (χ0) is 14.0. The molecular formula is C12H8BrFN2O3. The third-order valence-electron chi connectivity index (χ3n) is 2.37. The van der Waals surface area contributed by atoms with Crippen LogP contribution < -0.4 is 4.74 Å². The molecule has 1 aromatic heterocycles. The van der Waals surface area contributed by atoms with Crippen LogP contribution in [-0.2, 0) is 0 Å². The molecule has 1 heterocycles. The first-order valence-corrected chi connectivity index (χ1v) is 6.01. The second kappa shape index (κ2) is 5.31. The van der Waals surface area contributed by atoms with Crippen LogP contribution in [-0.4, -0.2) is 9.91 Å². The third kappa shape index (κ3) is 2.87. The van der Waals surface area contributed by atoms with Gasteiger partial charge < -0.3 is 4.74 Å². The highest BCUT2D eigenvalue weighted by Gasteiger charge is 2.20. The Morgan fingerprint density at radius 3 is 2.84 bits per heavy atom. The molecule has 0 fully saturated rings. The van der Waals surface area contributed by atoms with Crippen molar-refractivity contribution in [3.05, 3.63) is 56.4 Å². The van der Waals surface area contributed by atoms with Gasteiger partial charge in [0.1, 0.15) is 0 Å². The number of para-hydroxylation sites is 1. The van der Waals surface area contributed by atoms with E-state index in [2.05, 4.69) is 20.9 Å². The molecule has 98 valence electrons. The van der Waals surface area contributed by atoms with Crippen LogP contribution in [0.4, 0.5) is 10.1 Å². The first kappa shape index (κ1) is 13.4. The van der Waals surface area contributed by atoms with Gasteiger partial charge in [-0.05, 0) is 34.5 Å². The average molecular weight is 327 g/mol. The molecule has 0 spiro atoms. The normalized spacial score (nSPS) is 10.3. The summed E-state index contributed by atoms with van der Waals surface area (Å²) in [7, 11) is 0. The maximum absolute atomic E-state index is 13.6. The van der Waals surface area contributed by atoms with E-state index in [-0.39, 0.29) is 5.88 Å². The second-order valence-electron chi connectivity index (χ2n) is 3.72. The van der Waals surface area contributed by atoms with E-state index in [1.807, 2.05) is 0 Å². The molecule has 0 amide bonds. The summed E-state index contributed by atoms with van der Waals surface area (Å²) in [6, 6.07) is 5.07. The molecule has 0 saturated carbocycles. The van der Waals surface area contributed by atoms with Crippen molar-refractivity contribution in [2.24, 2.45) is 0 Å². The Morgan fingerprint density at radius 2 is 2.21 bits per heavy atom. The van der Waals surface area contributed by atoms with Crippen LogP contribution in [0.1, 0.15) is 5.56 Å². The van der Waals surface area contributed by atoms with Crippen LogP contribution in [0.25, 0.3) is 0 Å². The Balaban J connectivity index is 2.42. The van der Waals surface area contributed by atoms with Gasteiger partial charge in [-0.15, -0.1) is 0 Å². The minimum Gasteiger partial charge on any atom is -0.429 e. The van der Waals surface area contributed by atoms with Gasteiger partial charge in [0.25, 0.3) is 0 Å². The van der Waals surface area contributed by atoms with Crippen LogP contribution >= 0.6 is 15.9 Å². The van der Waals surface area contributed by atoms with Gasteiger partial charge in [-0.25, -0.2) is 9.37 Å². The van der Waals surface area contributed by atoms with Crippen molar-refractivity contribution in [2.75, 3.05) is 0 Å². The molecule has 5 nitrogen and oxygen atoms in total. The first-order chi connectivity index (χ1) is 8.99. The molecule has 2 rings (SSSR count). The van der Waals surface area contributed by atoms with Gasteiger partial charge in [0.15, 0.2) is 5.82 Å². The fraction of sp³-hybridized carbons (Fsp3) is 0.0833. The lowest BCUT2D eigenvalue weighted by Gasteiger charge is -2.07. The fourth-order valence-corrected chi connectivity index (χ4v) is 1.63. The number of rotatable bonds is 3. The molecule has 0 aliphatic rings. The first-order valence-electron chi connectivity index (χ1n) is 5.22. The van der Waals surface area contributed by atoms with Crippen molar-refractivity contribution in [1.82, 2.24) is 4.98 Å². The van der Waals surface area contributed by atoms with Crippen LogP contribution in [0, 0.1) is 22.9 Å². The zero-order valence-corrected chi connectivity index (χ0v) is 11.3. The smallest absolute Gasteiger partial charge is 0.314 e. The highest BCUT2D eigenvalue weighted by Crippen LogP contribution is 2.33. The topological polar surface area (TPSA) is 65.3 Å². The Hall–Kier alpha value is -2.02. The molecular weight excluding hydrogens is 319 g/mol. The van der Waals surface area contributed by atoms with E-state index in [0.717, 1.165) is 16.1 Å². The summed E-state index contributed by atoms with van der Waals surface area (Å²) in [6.45, 7) is 1.80. The van der Waals surface area contributed by atoms with Crippen LogP contribution in [0.2, 0.25) is 0 Å². The summed E-state index contributed by atoms with van der Waals surface area (Å²) in [6.07, 6.45) is 1.48. The van der Waals surface area contributed by atoms with E-state index < -0.39 is 22.2 Å². The molecule has 0 radical (unpaired) electrons. The molecule has 0 saturated heterocycles. The van der Waals surface area contributed by atoms with Crippen molar-refractivity contribution in [3.8, 4) is 11.6 Å². The van der Waals surface area contributed by atoms with E-state index in [9.17, 15) is 14.5 Å². The van der Waals surface area contributed by atoms with Gasteiger partial charge in [-0.2, -0.15) is 0 Å². The summed E-state index contributed by atoms with van der Waals surface area (Å²) in [5, 5.41) is 10.8. The van der Waals surface area contributed by atoms with E-state index in [4.69, 9.17) is 4.74 Å². The molecule has 0 unspecified atom stereocenters. The lowest BCUT2D eigenvalue weighted by Crippen LogP contribution is -1.97. The Labute approximate surface area is 116 Å².